The zero-order valence-electron chi connectivity index (χ0n) is 10.6. The Bertz CT molecular complexity index is 476. The molecule has 18 heavy (non-hydrogen) atoms. The van der Waals surface area contributed by atoms with Crippen LogP contribution < -0.4 is 0 Å². The number of carbonyl (C=O) groups is 1. The van der Waals surface area contributed by atoms with Crippen LogP contribution in [0.3, 0.4) is 0 Å². The van der Waals surface area contributed by atoms with Gasteiger partial charge in [0, 0.05) is 18.0 Å². The van der Waals surface area contributed by atoms with Gasteiger partial charge in [0.15, 0.2) is 5.78 Å². The van der Waals surface area contributed by atoms with E-state index >= 15 is 0 Å². The quantitative estimate of drug-likeness (QED) is 0.727. The van der Waals surface area contributed by atoms with Crippen LogP contribution in [0.1, 0.15) is 42.6 Å². The molecule has 0 spiro atoms. The summed E-state index contributed by atoms with van der Waals surface area (Å²) in [5, 5.41) is 0. The van der Waals surface area contributed by atoms with Gasteiger partial charge in [-0.15, -0.1) is 0 Å². The lowest BCUT2D eigenvalue weighted by atomic mass is 9.99. The summed E-state index contributed by atoms with van der Waals surface area (Å²) in [5.41, 5.74) is 0.771. The number of nitrogens with zero attached hydrogens (tertiary/aromatic N) is 2. The van der Waals surface area contributed by atoms with Crippen molar-refractivity contribution in [2.75, 3.05) is 0 Å². The van der Waals surface area contributed by atoms with Crippen LogP contribution in [0.15, 0.2) is 49.1 Å². The third-order valence-electron chi connectivity index (χ3n) is 3.08. The molecule has 0 saturated carbocycles. The van der Waals surface area contributed by atoms with Gasteiger partial charge in [0.2, 0.25) is 0 Å². The van der Waals surface area contributed by atoms with Crippen LogP contribution in [0.4, 0.5) is 0 Å². The van der Waals surface area contributed by atoms with E-state index < -0.39 is 0 Å². The number of unbranched alkanes of at least 4 members (excludes halogenated alkanes) is 1. The highest BCUT2D eigenvalue weighted by atomic mass is 16.1. The van der Waals surface area contributed by atoms with Crippen molar-refractivity contribution in [2.24, 2.45) is 0 Å². The highest BCUT2D eigenvalue weighted by molar-refractivity contribution is 5.98. The largest absolute Gasteiger partial charge is 0.327 e. The van der Waals surface area contributed by atoms with Crippen molar-refractivity contribution in [3.8, 4) is 0 Å². The Hall–Kier alpha value is -1.90. The summed E-state index contributed by atoms with van der Waals surface area (Å²) in [5.74, 6) is 0.169. The fraction of sp³-hybridized carbons (Fsp3) is 0.333. The number of hydrogen-bond donors (Lipinski definition) is 0. The normalized spacial score (nSPS) is 12.3. The van der Waals surface area contributed by atoms with Crippen molar-refractivity contribution in [3.05, 3.63) is 54.6 Å². The minimum Gasteiger partial charge on any atom is -0.327 e. The van der Waals surface area contributed by atoms with Crippen LogP contribution in [0.2, 0.25) is 0 Å². The van der Waals surface area contributed by atoms with Crippen LogP contribution in [-0.2, 0) is 0 Å². The first-order chi connectivity index (χ1) is 8.83. The molecular formula is C15H18N2O. The lowest BCUT2D eigenvalue weighted by Crippen LogP contribution is -2.18. The van der Waals surface area contributed by atoms with Crippen LogP contribution >= 0.6 is 0 Å². The van der Waals surface area contributed by atoms with Gasteiger partial charge in [0.25, 0.3) is 0 Å². The Morgan fingerprint density at radius 3 is 2.72 bits per heavy atom. The molecule has 2 aromatic rings. The number of Topliss-reactive ketones (excluding diaryl/α,β-unsaturated/α-hetero) is 1. The molecule has 94 valence electrons. The van der Waals surface area contributed by atoms with Gasteiger partial charge < -0.3 is 4.57 Å². The van der Waals surface area contributed by atoms with E-state index in [1.54, 1.807) is 12.5 Å². The Labute approximate surface area is 107 Å². The molecule has 3 nitrogen and oxygen atoms in total. The summed E-state index contributed by atoms with van der Waals surface area (Å²) >= 11 is 0. The maximum atomic E-state index is 12.5. The van der Waals surface area contributed by atoms with Crippen molar-refractivity contribution in [3.63, 3.8) is 0 Å². The van der Waals surface area contributed by atoms with E-state index in [2.05, 4.69) is 11.9 Å². The summed E-state index contributed by atoms with van der Waals surface area (Å²) in [6, 6.07) is 9.34. The van der Waals surface area contributed by atoms with Gasteiger partial charge >= 0.3 is 0 Å². The van der Waals surface area contributed by atoms with Crippen LogP contribution in [0.5, 0.6) is 0 Å². The first-order valence-corrected chi connectivity index (χ1v) is 6.39. The second-order valence-corrected chi connectivity index (χ2v) is 4.40. The lowest BCUT2D eigenvalue weighted by Gasteiger charge is -2.17. The molecular weight excluding hydrogens is 224 g/mol. The van der Waals surface area contributed by atoms with Gasteiger partial charge in [-0.1, -0.05) is 50.1 Å². The standard InChI is InChI=1S/C15H18N2O/c1-2-3-9-14(17-11-10-16-12-17)15(18)13-7-5-4-6-8-13/h4-8,10-12,14H,2-3,9H2,1H3. The zero-order chi connectivity index (χ0) is 12.8. The summed E-state index contributed by atoms with van der Waals surface area (Å²) in [7, 11) is 0. The highest BCUT2D eigenvalue weighted by Crippen LogP contribution is 2.20. The SMILES string of the molecule is CCCCC(C(=O)c1ccccc1)n1ccnc1. The minimum atomic E-state index is -0.130. The first kappa shape index (κ1) is 12.6. The smallest absolute Gasteiger partial charge is 0.185 e. The number of rotatable bonds is 6. The molecule has 0 aliphatic heterocycles. The zero-order valence-corrected chi connectivity index (χ0v) is 10.6. The van der Waals surface area contributed by atoms with Crippen molar-refractivity contribution in [1.82, 2.24) is 9.55 Å². The summed E-state index contributed by atoms with van der Waals surface area (Å²) in [6.07, 6.45) is 8.30. The molecule has 0 amide bonds. The monoisotopic (exact) mass is 242 g/mol. The molecule has 0 aliphatic rings. The van der Waals surface area contributed by atoms with E-state index in [4.69, 9.17) is 0 Å². The second kappa shape index (κ2) is 6.15. The third-order valence-corrected chi connectivity index (χ3v) is 3.08. The molecule has 1 aromatic heterocycles. The highest BCUT2D eigenvalue weighted by Gasteiger charge is 2.20. The number of hydrogen-bond acceptors (Lipinski definition) is 2. The molecule has 1 atom stereocenters. The van der Waals surface area contributed by atoms with Crippen LogP contribution in [0.25, 0.3) is 0 Å². The molecule has 1 heterocycles. The molecule has 2 rings (SSSR count). The van der Waals surface area contributed by atoms with Gasteiger partial charge in [-0.25, -0.2) is 4.98 Å². The van der Waals surface area contributed by atoms with E-state index in [0.29, 0.717) is 0 Å². The van der Waals surface area contributed by atoms with E-state index in [9.17, 15) is 4.79 Å². The predicted molar refractivity (Wildman–Crippen MR) is 71.6 cm³/mol. The number of carbonyl (C=O) groups excluding carboxylic acids is 1. The van der Waals surface area contributed by atoms with Crippen molar-refractivity contribution in [1.29, 1.82) is 0 Å². The van der Waals surface area contributed by atoms with Crippen molar-refractivity contribution >= 4 is 5.78 Å². The molecule has 0 bridgehead atoms. The molecule has 3 heteroatoms. The Morgan fingerprint density at radius 2 is 2.11 bits per heavy atom. The van der Waals surface area contributed by atoms with E-state index in [1.807, 2.05) is 41.1 Å². The van der Waals surface area contributed by atoms with Gasteiger partial charge in [0.1, 0.15) is 0 Å². The molecule has 0 fully saturated rings. The second-order valence-electron chi connectivity index (χ2n) is 4.40. The van der Waals surface area contributed by atoms with Gasteiger partial charge in [-0.05, 0) is 6.42 Å². The number of benzene rings is 1. The number of ketones is 1. The van der Waals surface area contributed by atoms with E-state index in [0.717, 1.165) is 24.8 Å². The maximum absolute atomic E-state index is 12.5. The molecule has 0 N–H and O–H groups in total. The molecule has 0 radical (unpaired) electrons. The van der Waals surface area contributed by atoms with Gasteiger partial charge in [-0.2, -0.15) is 0 Å². The molecule has 0 aliphatic carbocycles. The topological polar surface area (TPSA) is 34.9 Å². The number of aromatic nitrogens is 2. The van der Waals surface area contributed by atoms with Crippen molar-refractivity contribution in [2.45, 2.75) is 32.2 Å². The van der Waals surface area contributed by atoms with Crippen molar-refractivity contribution < 1.29 is 4.79 Å². The Kier molecular flexibility index (Phi) is 4.29. The molecule has 0 saturated heterocycles. The fourth-order valence-corrected chi connectivity index (χ4v) is 2.06. The summed E-state index contributed by atoms with van der Waals surface area (Å²) in [4.78, 5) is 16.5. The fourth-order valence-electron chi connectivity index (χ4n) is 2.06. The van der Waals surface area contributed by atoms with Gasteiger partial charge in [0.05, 0.1) is 12.4 Å². The summed E-state index contributed by atoms with van der Waals surface area (Å²) in [6.45, 7) is 2.14. The lowest BCUT2D eigenvalue weighted by molar-refractivity contribution is 0.0917. The van der Waals surface area contributed by atoms with Crippen LogP contribution in [-0.4, -0.2) is 15.3 Å². The number of imidazole rings is 1. The molecule has 1 unspecified atom stereocenters. The summed E-state index contributed by atoms with van der Waals surface area (Å²) < 4.78 is 1.91. The van der Waals surface area contributed by atoms with Gasteiger partial charge in [-0.3, -0.25) is 4.79 Å². The minimum absolute atomic E-state index is 0.130. The average Bonchev–Trinajstić information content (AvgIpc) is 2.94. The molecule has 1 aromatic carbocycles. The third kappa shape index (κ3) is 2.86. The maximum Gasteiger partial charge on any atom is 0.185 e. The van der Waals surface area contributed by atoms with E-state index in [-0.39, 0.29) is 11.8 Å². The van der Waals surface area contributed by atoms with Crippen LogP contribution in [0, 0.1) is 0 Å². The van der Waals surface area contributed by atoms with E-state index in [1.165, 1.54) is 0 Å². The predicted octanol–water partition coefficient (Wildman–Crippen LogP) is 3.50. The Morgan fingerprint density at radius 1 is 1.33 bits per heavy atom. The average molecular weight is 242 g/mol. The first-order valence-electron chi connectivity index (χ1n) is 6.39. The Balaban J connectivity index is 2.21.